The second-order valence-corrected chi connectivity index (χ2v) is 5.02. The second-order valence-electron chi connectivity index (χ2n) is 3.60. The SMILES string of the molecule is O=C([O-])CSCC(=O)Nc1ccc(Cl)cc1C(F)(F)F. The monoisotopic (exact) mass is 326 g/mol. The number of halogens is 4. The van der Waals surface area contributed by atoms with E-state index in [2.05, 4.69) is 5.32 Å². The third-order valence-corrected chi connectivity index (χ3v) is 3.16. The summed E-state index contributed by atoms with van der Waals surface area (Å²) >= 11 is 6.21. The summed E-state index contributed by atoms with van der Waals surface area (Å²) in [6.45, 7) is 0. The van der Waals surface area contributed by atoms with Gasteiger partial charge in [0.05, 0.1) is 23.0 Å². The van der Waals surface area contributed by atoms with Crippen molar-refractivity contribution in [1.29, 1.82) is 0 Å². The molecular formula is C11H8ClF3NO3S-. The third-order valence-electron chi connectivity index (χ3n) is 2.01. The molecule has 20 heavy (non-hydrogen) atoms. The molecule has 9 heteroatoms. The van der Waals surface area contributed by atoms with Crippen LogP contribution < -0.4 is 10.4 Å². The Morgan fingerprint density at radius 1 is 1.30 bits per heavy atom. The normalized spacial score (nSPS) is 11.2. The molecule has 1 aromatic rings. The van der Waals surface area contributed by atoms with Crippen LogP contribution in [-0.4, -0.2) is 23.4 Å². The predicted octanol–water partition coefficient (Wildman–Crippen LogP) is 1.78. The molecule has 0 bridgehead atoms. The molecule has 0 radical (unpaired) electrons. The van der Waals surface area contributed by atoms with E-state index in [9.17, 15) is 27.9 Å². The Labute approximate surface area is 121 Å². The molecule has 0 aliphatic rings. The van der Waals surface area contributed by atoms with Gasteiger partial charge < -0.3 is 15.2 Å². The van der Waals surface area contributed by atoms with E-state index in [1.54, 1.807) is 0 Å². The fraction of sp³-hybridized carbons (Fsp3) is 0.273. The summed E-state index contributed by atoms with van der Waals surface area (Å²) in [6, 6.07) is 2.94. The molecule has 0 saturated carbocycles. The molecule has 0 atom stereocenters. The number of nitrogens with one attached hydrogen (secondary N) is 1. The number of aliphatic carboxylic acids is 1. The maximum absolute atomic E-state index is 12.7. The van der Waals surface area contributed by atoms with Gasteiger partial charge in [-0.05, 0) is 18.2 Å². The zero-order chi connectivity index (χ0) is 15.3. The number of benzene rings is 1. The number of hydrogen-bond acceptors (Lipinski definition) is 4. The Balaban J connectivity index is 2.77. The van der Waals surface area contributed by atoms with E-state index in [4.69, 9.17) is 11.6 Å². The van der Waals surface area contributed by atoms with Crippen molar-refractivity contribution < 1.29 is 27.9 Å². The first kappa shape index (κ1) is 16.6. The van der Waals surface area contributed by atoms with Crippen LogP contribution in [0.3, 0.4) is 0 Å². The number of rotatable bonds is 5. The van der Waals surface area contributed by atoms with Gasteiger partial charge in [-0.2, -0.15) is 13.2 Å². The largest absolute Gasteiger partial charge is 0.549 e. The lowest BCUT2D eigenvalue weighted by molar-refractivity contribution is -0.301. The number of anilines is 1. The molecule has 0 saturated heterocycles. The zero-order valence-electron chi connectivity index (χ0n) is 9.79. The lowest BCUT2D eigenvalue weighted by Gasteiger charge is -2.14. The standard InChI is InChI=1S/C11H9ClF3NO3S/c12-6-1-2-8(7(3-6)11(13,14)15)16-9(17)4-20-5-10(18)19/h1-3H,4-5H2,(H,16,17)(H,18,19)/p-1. The lowest BCUT2D eigenvalue weighted by Crippen LogP contribution is -2.25. The molecule has 1 N–H and O–H groups in total. The highest BCUT2D eigenvalue weighted by Gasteiger charge is 2.34. The van der Waals surface area contributed by atoms with E-state index in [-0.39, 0.29) is 10.8 Å². The Hall–Kier alpha value is -1.41. The lowest BCUT2D eigenvalue weighted by atomic mass is 10.1. The Morgan fingerprint density at radius 3 is 2.50 bits per heavy atom. The molecule has 0 aliphatic heterocycles. The molecule has 1 rings (SSSR count). The smallest absolute Gasteiger partial charge is 0.418 e. The highest BCUT2D eigenvalue weighted by atomic mass is 35.5. The van der Waals surface area contributed by atoms with Crippen LogP contribution in [0.25, 0.3) is 0 Å². The van der Waals surface area contributed by atoms with Gasteiger partial charge in [-0.1, -0.05) is 11.6 Å². The number of carboxylic acid groups (broad SMARTS) is 1. The van der Waals surface area contributed by atoms with E-state index in [0.29, 0.717) is 6.07 Å². The van der Waals surface area contributed by atoms with Crippen molar-refractivity contribution in [3.05, 3.63) is 28.8 Å². The van der Waals surface area contributed by atoms with Crippen LogP contribution in [0.15, 0.2) is 18.2 Å². The average Bonchev–Trinajstić information content (AvgIpc) is 2.29. The fourth-order valence-electron chi connectivity index (χ4n) is 1.27. The summed E-state index contributed by atoms with van der Waals surface area (Å²) in [5.74, 6) is -2.82. The van der Waals surface area contributed by atoms with Crippen molar-refractivity contribution in [2.45, 2.75) is 6.18 Å². The van der Waals surface area contributed by atoms with Crippen LogP contribution in [-0.2, 0) is 15.8 Å². The summed E-state index contributed by atoms with van der Waals surface area (Å²) in [7, 11) is 0. The first-order chi connectivity index (χ1) is 9.20. The molecule has 0 unspecified atom stereocenters. The van der Waals surface area contributed by atoms with Gasteiger partial charge in [0.25, 0.3) is 0 Å². The molecule has 1 aromatic carbocycles. The van der Waals surface area contributed by atoms with Crippen LogP contribution in [0.4, 0.5) is 18.9 Å². The molecule has 110 valence electrons. The molecule has 0 fully saturated rings. The van der Waals surface area contributed by atoms with Crippen molar-refractivity contribution in [2.75, 3.05) is 16.8 Å². The Kier molecular flexibility index (Phi) is 5.70. The van der Waals surface area contributed by atoms with Crippen molar-refractivity contribution >= 4 is 40.9 Å². The number of carbonyl (C=O) groups excluding carboxylic acids is 2. The Morgan fingerprint density at radius 2 is 1.95 bits per heavy atom. The number of hydrogen-bond donors (Lipinski definition) is 1. The van der Waals surface area contributed by atoms with E-state index in [1.807, 2.05) is 0 Å². The second kappa shape index (κ2) is 6.85. The topological polar surface area (TPSA) is 69.2 Å². The van der Waals surface area contributed by atoms with Gasteiger partial charge in [-0.25, -0.2) is 0 Å². The van der Waals surface area contributed by atoms with Gasteiger partial charge >= 0.3 is 6.18 Å². The summed E-state index contributed by atoms with van der Waals surface area (Å²) in [5.41, 5.74) is -1.50. The van der Waals surface area contributed by atoms with Crippen LogP contribution in [0, 0.1) is 0 Å². The van der Waals surface area contributed by atoms with E-state index in [1.165, 1.54) is 6.07 Å². The van der Waals surface area contributed by atoms with Crippen LogP contribution >= 0.6 is 23.4 Å². The number of carboxylic acids is 1. The van der Waals surface area contributed by atoms with Crippen molar-refractivity contribution in [2.24, 2.45) is 0 Å². The summed E-state index contributed by atoms with van der Waals surface area (Å²) in [4.78, 5) is 21.5. The maximum atomic E-state index is 12.7. The van der Waals surface area contributed by atoms with Crippen molar-refractivity contribution in [3.8, 4) is 0 Å². The van der Waals surface area contributed by atoms with Crippen LogP contribution in [0.2, 0.25) is 5.02 Å². The quantitative estimate of drug-likeness (QED) is 0.895. The van der Waals surface area contributed by atoms with E-state index >= 15 is 0 Å². The van der Waals surface area contributed by atoms with Gasteiger partial charge in [0, 0.05) is 10.8 Å². The summed E-state index contributed by atoms with van der Waals surface area (Å²) in [6.07, 6.45) is -4.66. The van der Waals surface area contributed by atoms with Gasteiger partial charge in [0.1, 0.15) is 0 Å². The molecule has 4 nitrogen and oxygen atoms in total. The van der Waals surface area contributed by atoms with Crippen molar-refractivity contribution in [1.82, 2.24) is 0 Å². The third kappa shape index (κ3) is 5.30. The number of alkyl halides is 3. The fourth-order valence-corrected chi connectivity index (χ4v) is 1.97. The average molecular weight is 327 g/mol. The molecule has 0 aromatic heterocycles. The van der Waals surface area contributed by atoms with Crippen molar-refractivity contribution in [3.63, 3.8) is 0 Å². The minimum absolute atomic E-state index is 0.110. The summed E-state index contributed by atoms with van der Waals surface area (Å²) in [5, 5.41) is 12.1. The molecule has 0 spiro atoms. The molecule has 1 amide bonds. The minimum Gasteiger partial charge on any atom is -0.549 e. The number of thioether (sulfide) groups is 1. The Bertz CT molecular complexity index is 522. The van der Waals surface area contributed by atoms with E-state index in [0.717, 1.165) is 17.8 Å². The first-order valence-electron chi connectivity index (χ1n) is 5.14. The van der Waals surface area contributed by atoms with Gasteiger partial charge in [-0.3, -0.25) is 4.79 Å². The number of amides is 1. The maximum Gasteiger partial charge on any atom is 0.418 e. The highest BCUT2D eigenvalue weighted by molar-refractivity contribution is 8.00. The first-order valence-corrected chi connectivity index (χ1v) is 6.67. The highest BCUT2D eigenvalue weighted by Crippen LogP contribution is 2.36. The van der Waals surface area contributed by atoms with Gasteiger partial charge in [0.15, 0.2) is 0 Å². The zero-order valence-corrected chi connectivity index (χ0v) is 11.4. The van der Waals surface area contributed by atoms with Gasteiger partial charge in [-0.15, -0.1) is 11.8 Å². The summed E-state index contributed by atoms with van der Waals surface area (Å²) < 4.78 is 38.2. The minimum atomic E-state index is -4.66. The van der Waals surface area contributed by atoms with Crippen LogP contribution in [0.1, 0.15) is 5.56 Å². The molecule has 0 aliphatic carbocycles. The number of carbonyl (C=O) groups is 2. The molecule has 0 heterocycles. The predicted molar refractivity (Wildman–Crippen MR) is 67.4 cm³/mol. The van der Waals surface area contributed by atoms with E-state index < -0.39 is 35.1 Å². The van der Waals surface area contributed by atoms with Gasteiger partial charge in [0.2, 0.25) is 5.91 Å². The molecular weight excluding hydrogens is 319 g/mol. The van der Waals surface area contributed by atoms with Crippen LogP contribution in [0.5, 0.6) is 0 Å².